The van der Waals surface area contributed by atoms with Crippen molar-refractivity contribution in [3.8, 4) is 0 Å². The number of aromatic nitrogens is 1. The Balaban J connectivity index is 2.52. The molecule has 0 unspecified atom stereocenters. The normalized spacial score (nSPS) is 12.5. The molecule has 0 atom stereocenters. The first-order valence-electron chi connectivity index (χ1n) is 5.70. The minimum atomic E-state index is 0.923. The summed E-state index contributed by atoms with van der Waals surface area (Å²) in [6, 6.07) is 10.1. The second kappa shape index (κ2) is 3.74. The molecule has 17 heavy (non-hydrogen) atoms. The van der Waals surface area contributed by atoms with Gasteiger partial charge in [0.2, 0.25) is 0 Å². The van der Waals surface area contributed by atoms with Gasteiger partial charge in [-0.3, -0.25) is 0 Å². The van der Waals surface area contributed by atoms with Gasteiger partial charge in [-0.05, 0) is 37.6 Å². The molecule has 0 aliphatic carbocycles. The Morgan fingerprint density at radius 2 is 2.00 bits per heavy atom. The summed E-state index contributed by atoms with van der Waals surface area (Å²) < 4.78 is 5.60. The quantitative estimate of drug-likeness (QED) is 0.611. The average Bonchev–Trinajstić information content (AvgIpc) is 2.86. The van der Waals surface area contributed by atoms with Gasteiger partial charge in [0, 0.05) is 10.8 Å². The number of hydrogen-bond donors (Lipinski definition) is 0. The van der Waals surface area contributed by atoms with E-state index in [0.717, 1.165) is 27.6 Å². The van der Waals surface area contributed by atoms with Crippen LogP contribution < -0.4 is 0 Å². The Kier molecular flexibility index (Phi) is 2.22. The van der Waals surface area contributed by atoms with Crippen molar-refractivity contribution in [3.05, 3.63) is 48.4 Å². The Labute approximate surface area is 99.6 Å². The van der Waals surface area contributed by atoms with Crippen molar-refractivity contribution in [3.63, 3.8) is 0 Å². The molecule has 84 valence electrons. The first-order valence-corrected chi connectivity index (χ1v) is 5.70. The maximum absolute atomic E-state index is 5.60. The summed E-state index contributed by atoms with van der Waals surface area (Å²) in [4.78, 5) is 4.72. The van der Waals surface area contributed by atoms with Gasteiger partial charge >= 0.3 is 0 Å². The third-order valence-electron chi connectivity index (χ3n) is 3.11. The highest BCUT2D eigenvalue weighted by molar-refractivity contribution is 6.05. The zero-order chi connectivity index (χ0) is 11.8. The Morgan fingerprint density at radius 1 is 1.18 bits per heavy atom. The molecule has 0 aliphatic heterocycles. The number of furan rings is 1. The predicted molar refractivity (Wildman–Crippen MR) is 70.8 cm³/mol. The molecule has 0 saturated heterocycles. The smallest absolute Gasteiger partial charge is 0.145 e. The number of allylic oxidation sites excluding steroid dienone is 2. The molecular weight excluding hydrogens is 210 g/mol. The van der Waals surface area contributed by atoms with Crippen LogP contribution in [-0.2, 0) is 0 Å². The first kappa shape index (κ1) is 10.1. The maximum Gasteiger partial charge on any atom is 0.145 e. The largest absolute Gasteiger partial charge is 0.464 e. The molecule has 1 aromatic carbocycles. The van der Waals surface area contributed by atoms with Crippen molar-refractivity contribution in [1.29, 1.82) is 0 Å². The highest BCUT2D eigenvalue weighted by Crippen LogP contribution is 2.30. The van der Waals surface area contributed by atoms with E-state index < -0.39 is 0 Å². The summed E-state index contributed by atoms with van der Waals surface area (Å²) in [6.07, 6.45) is 3.80. The molecule has 0 radical (unpaired) electrons. The molecule has 0 aliphatic rings. The van der Waals surface area contributed by atoms with Crippen LogP contribution in [0.2, 0.25) is 0 Å². The fourth-order valence-corrected chi connectivity index (χ4v) is 2.09. The third kappa shape index (κ3) is 1.45. The van der Waals surface area contributed by atoms with Crippen molar-refractivity contribution < 1.29 is 4.42 Å². The maximum atomic E-state index is 5.60. The molecular formula is C15H13NO. The van der Waals surface area contributed by atoms with Gasteiger partial charge in [0.05, 0.1) is 17.5 Å². The molecule has 0 fully saturated rings. The van der Waals surface area contributed by atoms with E-state index >= 15 is 0 Å². The molecule has 0 bridgehead atoms. The van der Waals surface area contributed by atoms with Gasteiger partial charge < -0.3 is 4.42 Å². The average molecular weight is 223 g/mol. The minimum Gasteiger partial charge on any atom is -0.464 e. The van der Waals surface area contributed by atoms with Crippen molar-refractivity contribution in [2.75, 3.05) is 0 Å². The summed E-state index contributed by atoms with van der Waals surface area (Å²) in [7, 11) is 0. The SMILES string of the molecule is C/C=C(\C)c1nc2ccccc2c2occc12. The summed E-state index contributed by atoms with van der Waals surface area (Å²) in [5.41, 5.74) is 4.08. The second-order valence-electron chi connectivity index (χ2n) is 4.11. The second-order valence-corrected chi connectivity index (χ2v) is 4.11. The summed E-state index contributed by atoms with van der Waals surface area (Å²) in [6.45, 7) is 4.10. The number of para-hydroxylation sites is 1. The lowest BCUT2D eigenvalue weighted by molar-refractivity contribution is 0.619. The Morgan fingerprint density at radius 3 is 2.82 bits per heavy atom. The van der Waals surface area contributed by atoms with E-state index in [1.54, 1.807) is 6.26 Å². The first-order chi connectivity index (χ1) is 8.31. The zero-order valence-corrected chi connectivity index (χ0v) is 9.90. The molecule has 0 spiro atoms. The van der Waals surface area contributed by atoms with Crippen LogP contribution in [0.3, 0.4) is 0 Å². The van der Waals surface area contributed by atoms with Crippen LogP contribution in [0.25, 0.3) is 27.4 Å². The highest BCUT2D eigenvalue weighted by atomic mass is 16.3. The van der Waals surface area contributed by atoms with Gasteiger partial charge in [-0.1, -0.05) is 18.2 Å². The lowest BCUT2D eigenvalue weighted by atomic mass is 10.1. The summed E-state index contributed by atoms with van der Waals surface area (Å²) in [5, 5.41) is 2.15. The monoisotopic (exact) mass is 223 g/mol. The number of benzene rings is 1. The number of nitrogens with zero attached hydrogens (tertiary/aromatic N) is 1. The van der Waals surface area contributed by atoms with Gasteiger partial charge in [0.1, 0.15) is 5.58 Å². The van der Waals surface area contributed by atoms with Gasteiger partial charge in [0.15, 0.2) is 0 Å². The topological polar surface area (TPSA) is 26.0 Å². The predicted octanol–water partition coefficient (Wildman–Crippen LogP) is 4.40. The number of hydrogen-bond acceptors (Lipinski definition) is 2. The summed E-state index contributed by atoms with van der Waals surface area (Å²) in [5.74, 6) is 0. The third-order valence-corrected chi connectivity index (χ3v) is 3.11. The molecule has 0 saturated carbocycles. The van der Waals surface area contributed by atoms with E-state index in [2.05, 4.69) is 13.0 Å². The molecule has 2 aromatic heterocycles. The molecule has 3 aromatic rings. The molecule has 2 heterocycles. The number of pyridine rings is 1. The molecule has 3 rings (SSSR count). The van der Waals surface area contributed by atoms with Gasteiger partial charge in [-0.15, -0.1) is 0 Å². The fraction of sp³-hybridized carbons (Fsp3) is 0.133. The number of rotatable bonds is 1. The molecule has 0 N–H and O–H groups in total. The van der Waals surface area contributed by atoms with Crippen LogP contribution in [0.5, 0.6) is 0 Å². The summed E-state index contributed by atoms with van der Waals surface area (Å²) >= 11 is 0. The highest BCUT2D eigenvalue weighted by Gasteiger charge is 2.11. The van der Waals surface area contributed by atoms with Crippen molar-refractivity contribution in [1.82, 2.24) is 4.98 Å². The lowest BCUT2D eigenvalue weighted by Crippen LogP contribution is -1.89. The fourth-order valence-electron chi connectivity index (χ4n) is 2.09. The van der Waals surface area contributed by atoms with Crippen LogP contribution in [0.1, 0.15) is 19.5 Å². The zero-order valence-electron chi connectivity index (χ0n) is 9.90. The van der Waals surface area contributed by atoms with Gasteiger partial charge in [0.25, 0.3) is 0 Å². The van der Waals surface area contributed by atoms with E-state index in [1.807, 2.05) is 37.3 Å². The lowest BCUT2D eigenvalue weighted by Gasteiger charge is -2.05. The van der Waals surface area contributed by atoms with Crippen LogP contribution in [0.4, 0.5) is 0 Å². The van der Waals surface area contributed by atoms with E-state index in [4.69, 9.17) is 9.40 Å². The molecule has 2 heteroatoms. The minimum absolute atomic E-state index is 0.923. The molecule has 2 nitrogen and oxygen atoms in total. The van der Waals surface area contributed by atoms with Gasteiger partial charge in [-0.2, -0.15) is 0 Å². The van der Waals surface area contributed by atoms with Crippen molar-refractivity contribution in [2.45, 2.75) is 13.8 Å². The van der Waals surface area contributed by atoms with Crippen LogP contribution in [0.15, 0.2) is 47.1 Å². The molecule has 0 amide bonds. The van der Waals surface area contributed by atoms with Gasteiger partial charge in [-0.25, -0.2) is 4.98 Å². The van der Waals surface area contributed by atoms with Crippen molar-refractivity contribution in [2.24, 2.45) is 0 Å². The van der Waals surface area contributed by atoms with E-state index in [1.165, 1.54) is 5.57 Å². The standard InChI is InChI=1S/C15H13NO/c1-3-10(2)14-12-8-9-17-15(12)11-6-4-5-7-13(11)16-14/h3-9H,1-2H3/b10-3+. The van der Waals surface area contributed by atoms with Crippen molar-refractivity contribution >= 4 is 27.4 Å². The van der Waals surface area contributed by atoms with Crippen LogP contribution >= 0.6 is 0 Å². The van der Waals surface area contributed by atoms with E-state index in [0.29, 0.717) is 0 Å². The van der Waals surface area contributed by atoms with Crippen LogP contribution in [-0.4, -0.2) is 4.98 Å². The number of fused-ring (bicyclic) bond motifs is 3. The van der Waals surface area contributed by atoms with Crippen LogP contribution in [0, 0.1) is 0 Å². The van der Waals surface area contributed by atoms with E-state index in [9.17, 15) is 0 Å². The Bertz CT molecular complexity index is 722. The van der Waals surface area contributed by atoms with E-state index in [-0.39, 0.29) is 0 Å². The Hall–Kier alpha value is -2.09.